The van der Waals surface area contributed by atoms with Crippen molar-refractivity contribution in [2.75, 3.05) is 79.1 Å². The summed E-state index contributed by atoms with van der Waals surface area (Å²) in [5, 5.41) is 13.8. The summed E-state index contributed by atoms with van der Waals surface area (Å²) in [6, 6.07) is 16.6. The van der Waals surface area contributed by atoms with Crippen molar-refractivity contribution in [1.29, 1.82) is 0 Å². The van der Waals surface area contributed by atoms with Crippen LogP contribution in [0.1, 0.15) is 58.6 Å². The summed E-state index contributed by atoms with van der Waals surface area (Å²) in [5.74, 6) is 6.31. The second-order valence-electron chi connectivity index (χ2n) is 17.7. The van der Waals surface area contributed by atoms with Gasteiger partial charge in [-0.1, -0.05) is 55.0 Å². The normalized spacial score (nSPS) is 14.0. The Kier molecular flexibility index (Phi) is 18.0. The van der Waals surface area contributed by atoms with E-state index in [4.69, 9.17) is 29.3 Å². The molecule has 4 heterocycles. The Bertz CT molecular complexity index is 2450. The fraction of sp³-hybridized carbons (Fsp3) is 0.511. The number of halogens is 1. The van der Waals surface area contributed by atoms with Gasteiger partial charge in [-0.3, -0.25) is 9.47 Å². The Labute approximate surface area is 386 Å². The van der Waals surface area contributed by atoms with Crippen molar-refractivity contribution in [3.63, 3.8) is 0 Å². The molecule has 1 aliphatic heterocycles. The maximum Gasteiger partial charge on any atom is 0.357 e. The maximum absolute atomic E-state index is 14.9. The van der Waals surface area contributed by atoms with Gasteiger partial charge in [0.05, 0.1) is 30.5 Å². The molecule has 0 radical (unpaired) electrons. The van der Waals surface area contributed by atoms with Gasteiger partial charge in [-0.25, -0.2) is 14.2 Å². The number of piperidine rings is 1. The molecule has 17 heteroatoms. The predicted octanol–water partition coefficient (Wildman–Crippen LogP) is 8.25. The van der Waals surface area contributed by atoms with Crippen LogP contribution in [0.2, 0.25) is 25.7 Å². The van der Waals surface area contributed by atoms with Crippen LogP contribution >= 0.6 is 22.7 Å². The van der Waals surface area contributed by atoms with Crippen molar-refractivity contribution in [2.45, 2.75) is 83.9 Å². The van der Waals surface area contributed by atoms with Gasteiger partial charge in [-0.15, -0.1) is 21.5 Å². The highest BCUT2D eigenvalue weighted by Crippen LogP contribution is 2.34. The van der Waals surface area contributed by atoms with E-state index in [0.717, 1.165) is 76.8 Å². The Hall–Kier alpha value is -4.54. The number of carbonyl (C=O) groups excluding carboxylic acids is 1. The molecule has 64 heavy (non-hydrogen) atoms. The van der Waals surface area contributed by atoms with E-state index < -0.39 is 19.9 Å². The molecule has 1 N–H and O–H groups in total. The first kappa shape index (κ1) is 48.9. The molecule has 0 atom stereocenters. The number of rotatable bonds is 21. The number of fused-ring (bicyclic) bond motifs is 1. The summed E-state index contributed by atoms with van der Waals surface area (Å²) in [4.78, 5) is 31.0. The summed E-state index contributed by atoms with van der Waals surface area (Å²) in [7, 11) is 6.16. The van der Waals surface area contributed by atoms with Crippen LogP contribution in [0, 0.1) is 24.6 Å². The molecule has 0 saturated carbocycles. The average molecular weight is 930 g/mol. The number of likely N-dealkylation sites (tertiary alicyclic amines) is 1. The zero-order valence-electron chi connectivity index (χ0n) is 38.7. The SMILES string of the molecule is COC(=O)c1nc(N(CCCCNC2CCN(C)CC2)c2cc(C)c(N=c3sc4ccccc4n3COCC[Si](C)(C)C)nn2)sc1CCCOc1ccc(C#CCN(C)C)cc1F. The summed E-state index contributed by atoms with van der Waals surface area (Å²) < 4.78 is 35.4. The molecule has 1 fully saturated rings. The van der Waals surface area contributed by atoms with Crippen LogP contribution in [0.5, 0.6) is 5.75 Å². The molecule has 0 amide bonds. The number of nitrogens with zero attached hydrogens (tertiary/aromatic N) is 8. The van der Waals surface area contributed by atoms with Crippen molar-refractivity contribution in [2.24, 2.45) is 4.99 Å². The van der Waals surface area contributed by atoms with Crippen molar-refractivity contribution in [3.05, 3.63) is 80.8 Å². The highest BCUT2D eigenvalue weighted by atomic mass is 32.1. The Balaban J connectivity index is 1.21. The van der Waals surface area contributed by atoms with E-state index in [-0.39, 0.29) is 18.1 Å². The third-order valence-electron chi connectivity index (χ3n) is 10.8. The molecular weight excluding hydrogens is 866 g/mol. The lowest BCUT2D eigenvalue weighted by molar-refractivity contribution is 0.0593. The number of aryl methyl sites for hydroxylation is 2. The summed E-state index contributed by atoms with van der Waals surface area (Å²) in [5.41, 5.74) is 2.76. The number of nitrogens with one attached hydrogen (secondary N) is 1. The number of esters is 1. The van der Waals surface area contributed by atoms with Crippen molar-refractivity contribution in [3.8, 4) is 17.6 Å². The van der Waals surface area contributed by atoms with E-state index in [2.05, 4.69) is 70.5 Å². The number of anilines is 2. The van der Waals surface area contributed by atoms with Gasteiger partial charge >= 0.3 is 5.97 Å². The van der Waals surface area contributed by atoms with Crippen molar-refractivity contribution >= 4 is 63.7 Å². The minimum Gasteiger partial charge on any atom is -0.491 e. The monoisotopic (exact) mass is 929 g/mol. The van der Waals surface area contributed by atoms with E-state index in [1.54, 1.807) is 23.5 Å². The number of benzene rings is 2. The van der Waals surface area contributed by atoms with Gasteiger partial charge in [0.1, 0.15) is 6.73 Å². The number of para-hydroxylation sites is 1. The van der Waals surface area contributed by atoms with Gasteiger partial charge in [0.25, 0.3) is 0 Å². The Morgan fingerprint density at radius 1 is 1.05 bits per heavy atom. The van der Waals surface area contributed by atoms with Gasteiger partial charge in [0, 0.05) is 37.7 Å². The standard InChI is InChI=1S/C47H64FN9O4S2Si/c1-34-31-42(52-53-44(34)51-47-57(33-60-29-30-64(6,7)8)38-16-9-10-17-40(38)62-47)56(25-12-11-23-49-36-21-26-55(4)27-22-36)46-50-43(45(58)59-5)41(63-46)18-14-28-61-39-20-19-35(32-37(39)48)15-13-24-54(2)3/h9-10,16-17,19-20,31-32,36,49H,11-12,14,18,21-30,33H2,1-8H3. The van der Waals surface area contributed by atoms with E-state index >= 15 is 0 Å². The fourth-order valence-electron chi connectivity index (χ4n) is 7.08. The summed E-state index contributed by atoms with van der Waals surface area (Å²) >= 11 is 3.02. The van der Waals surface area contributed by atoms with E-state index in [1.165, 1.54) is 24.5 Å². The molecule has 6 rings (SSSR count). The first-order valence-electron chi connectivity index (χ1n) is 22.2. The lowest BCUT2D eigenvalue weighted by Crippen LogP contribution is -2.41. The molecule has 0 bridgehead atoms. The van der Waals surface area contributed by atoms with Crippen LogP contribution in [0.25, 0.3) is 10.2 Å². The maximum atomic E-state index is 14.9. The third-order valence-corrected chi connectivity index (χ3v) is 14.8. The van der Waals surface area contributed by atoms with Crippen LogP contribution in [0.3, 0.4) is 0 Å². The molecule has 3 aromatic heterocycles. The number of methoxy groups -OCH3 is 1. The molecule has 2 aromatic carbocycles. The number of hydrogen-bond acceptors (Lipinski definition) is 14. The fourth-order valence-corrected chi connectivity index (χ4v) is 9.98. The predicted molar refractivity (Wildman–Crippen MR) is 260 cm³/mol. The van der Waals surface area contributed by atoms with Gasteiger partial charge in [0.2, 0.25) is 0 Å². The molecule has 5 aromatic rings. The van der Waals surface area contributed by atoms with Gasteiger partial charge < -0.3 is 29.3 Å². The molecule has 1 aliphatic rings. The van der Waals surface area contributed by atoms with Crippen LogP contribution in [0.15, 0.2) is 53.5 Å². The molecule has 0 unspecified atom stereocenters. The number of hydrogen-bond donors (Lipinski definition) is 1. The van der Waals surface area contributed by atoms with Crippen LogP contribution in [-0.4, -0.2) is 124 Å². The molecular formula is C47H64FN9O4S2Si. The van der Waals surface area contributed by atoms with Crippen LogP contribution in [-0.2, 0) is 22.6 Å². The average Bonchev–Trinajstić information content (AvgIpc) is 3.84. The zero-order chi connectivity index (χ0) is 45.6. The minimum atomic E-state index is -1.24. The third kappa shape index (κ3) is 14.2. The Morgan fingerprint density at radius 2 is 1.84 bits per heavy atom. The van der Waals surface area contributed by atoms with Gasteiger partial charge in [-0.05, 0) is 134 Å². The quantitative estimate of drug-likeness (QED) is 0.0332. The minimum absolute atomic E-state index is 0.157. The first-order chi connectivity index (χ1) is 30.8. The number of thiazole rings is 2. The number of ether oxygens (including phenoxy) is 3. The van der Waals surface area contributed by atoms with Crippen LogP contribution in [0.4, 0.5) is 21.2 Å². The smallest absolute Gasteiger partial charge is 0.357 e. The topological polar surface area (TPSA) is 122 Å². The number of aromatic nitrogens is 4. The lowest BCUT2D eigenvalue weighted by atomic mass is 10.1. The molecule has 0 spiro atoms. The van der Waals surface area contributed by atoms with E-state index in [9.17, 15) is 9.18 Å². The van der Waals surface area contributed by atoms with Crippen LogP contribution < -0.4 is 19.8 Å². The molecule has 344 valence electrons. The van der Waals surface area contributed by atoms with Crippen molar-refractivity contribution in [1.82, 2.24) is 34.9 Å². The van der Waals surface area contributed by atoms with Gasteiger partial charge in [0.15, 0.2) is 38.8 Å². The molecule has 0 aliphatic carbocycles. The lowest BCUT2D eigenvalue weighted by Gasteiger charge is -2.29. The number of carbonyl (C=O) groups is 1. The largest absolute Gasteiger partial charge is 0.491 e. The second-order valence-corrected chi connectivity index (χ2v) is 25.4. The highest BCUT2D eigenvalue weighted by Gasteiger charge is 2.25. The second kappa shape index (κ2) is 23.6. The van der Waals surface area contributed by atoms with Crippen molar-refractivity contribution < 1.29 is 23.4 Å². The summed E-state index contributed by atoms with van der Waals surface area (Å²) in [6.45, 7) is 14.7. The van der Waals surface area contributed by atoms with E-state index in [0.29, 0.717) is 67.6 Å². The van der Waals surface area contributed by atoms with Gasteiger partial charge in [-0.2, -0.15) is 4.99 Å². The molecule has 13 nitrogen and oxygen atoms in total. The zero-order valence-corrected chi connectivity index (χ0v) is 41.3. The van der Waals surface area contributed by atoms with E-state index in [1.807, 2.05) is 49.0 Å². The highest BCUT2D eigenvalue weighted by molar-refractivity contribution is 7.16. The summed E-state index contributed by atoms with van der Waals surface area (Å²) in [6.07, 6.45) is 5.11. The number of unbranched alkanes of at least 4 members (excludes halogenated alkanes) is 1. The first-order valence-corrected chi connectivity index (χ1v) is 27.5. The molecule has 1 saturated heterocycles. The Morgan fingerprint density at radius 3 is 2.58 bits per heavy atom.